The number of benzene rings is 1. The van der Waals surface area contributed by atoms with E-state index in [9.17, 15) is 9.90 Å². The summed E-state index contributed by atoms with van der Waals surface area (Å²) in [5, 5.41) is 10.1. The van der Waals surface area contributed by atoms with Gasteiger partial charge in [-0.05, 0) is 18.2 Å². The quantitative estimate of drug-likeness (QED) is 0.766. The van der Waals surface area contributed by atoms with Crippen LogP contribution in [0.2, 0.25) is 0 Å². The largest absolute Gasteiger partial charge is 0.478 e. The summed E-state index contributed by atoms with van der Waals surface area (Å²) in [5.41, 5.74) is 2.07. The second kappa shape index (κ2) is 4.07. The molecule has 2 aromatic heterocycles. The zero-order valence-corrected chi connectivity index (χ0v) is 9.54. The summed E-state index contributed by atoms with van der Waals surface area (Å²) in [7, 11) is 0. The van der Waals surface area contributed by atoms with Gasteiger partial charge in [0.05, 0.1) is 30.2 Å². The van der Waals surface area contributed by atoms with Crippen LogP contribution in [0.25, 0.3) is 10.9 Å². The maximum absolute atomic E-state index is 11.2. The van der Waals surface area contributed by atoms with Crippen molar-refractivity contribution in [3.05, 3.63) is 60.2 Å². The van der Waals surface area contributed by atoms with E-state index >= 15 is 0 Å². The Kier molecular flexibility index (Phi) is 2.41. The molecule has 0 amide bonds. The van der Waals surface area contributed by atoms with Gasteiger partial charge >= 0.3 is 5.97 Å². The number of aromatic nitrogens is 1. The number of furan rings is 1. The van der Waals surface area contributed by atoms with E-state index in [1.54, 1.807) is 24.7 Å². The van der Waals surface area contributed by atoms with Crippen molar-refractivity contribution in [3.63, 3.8) is 0 Å². The van der Waals surface area contributed by atoms with E-state index in [0.717, 1.165) is 16.5 Å². The van der Waals surface area contributed by atoms with Gasteiger partial charge in [0, 0.05) is 17.1 Å². The number of carboxylic acid groups (broad SMARTS) is 1. The lowest BCUT2D eigenvalue weighted by Crippen LogP contribution is -2.03. The van der Waals surface area contributed by atoms with Crippen molar-refractivity contribution in [2.24, 2.45) is 0 Å². The average molecular weight is 241 g/mol. The maximum atomic E-state index is 11.2. The fourth-order valence-electron chi connectivity index (χ4n) is 2.14. The SMILES string of the molecule is O=C(O)c1cccc2ccn(Cc3ccoc3)c12. The summed E-state index contributed by atoms with van der Waals surface area (Å²) in [6.07, 6.45) is 5.17. The Morgan fingerprint density at radius 3 is 2.89 bits per heavy atom. The number of carbonyl (C=O) groups is 1. The van der Waals surface area contributed by atoms with E-state index in [4.69, 9.17) is 4.42 Å². The Morgan fingerprint density at radius 2 is 2.17 bits per heavy atom. The lowest BCUT2D eigenvalue weighted by atomic mass is 10.1. The smallest absolute Gasteiger partial charge is 0.337 e. The van der Waals surface area contributed by atoms with E-state index in [1.807, 2.05) is 29.0 Å². The van der Waals surface area contributed by atoms with Gasteiger partial charge in [0.1, 0.15) is 0 Å². The van der Waals surface area contributed by atoms with Gasteiger partial charge in [-0.1, -0.05) is 12.1 Å². The second-order valence-electron chi connectivity index (χ2n) is 4.12. The molecule has 3 aromatic rings. The lowest BCUT2D eigenvalue weighted by molar-refractivity contribution is 0.0698. The molecule has 0 unspecified atom stereocenters. The summed E-state index contributed by atoms with van der Waals surface area (Å²) < 4.78 is 6.94. The van der Waals surface area contributed by atoms with Crippen molar-refractivity contribution in [3.8, 4) is 0 Å². The van der Waals surface area contributed by atoms with Crippen molar-refractivity contribution in [1.29, 1.82) is 0 Å². The molecule has 0 aliphatic carbocycles. The third-order valence-electron chi connectivity index (χ3n) is 2.95. The molecular formula is C14H11NO3. The molecule has 0 aliphatic rings. The highest BCUT2D eigenvalue weighted by atomic mass is 16.4. The van der Waals surface area contributed by atoms with Crippen LogP contribution in [0.3, 0.4) is 0 Å². The van der Waals surface area contributed by atoms with E-state index in [1.165, 1.54) is 0 Å². The Hall–Kier alpha value is -2.49. The molecule has 0 spiro atoms. The first-order chi connectivity index (χ1) is 8.75. The van der Waals surface area contributed by atoms with Crippen molar-refractivity contribution in [2.75, 3.05) is 0 Å². The Bertz CT molecular complexity index is 695. The Balaban J connectivity index is 2.15. The van der Waals surface area contributed by atoms with Gasteiger partial charge in [0.2, 0.25) is 0 Å². The third-order valence-corrected chi connectivity index (χ3v) is 2.95. The van der Waals surface area contributed by atoms with E-state index < -0.39 is 5.97 Å². The number of hydrogen-bond donors (Lipinski definition) is 1. The first kappa shape index (κ1) is 10.7. The van der Waals surface area contributed by atoms with E-state index in [-0.39, 0.29) is 0 Å². The summed E-state index contributed by atoms with van der Waals surface area (Å²) in [6, 6.07) is 9.08. The molecule has 1 N–H and O–H groups in total. The van der Waals surface area contributed by atoms with Gasteiger partial charge in [0.15, 0.2) is 0 Å². The zero-order valence-electron chi connectivity index (χ0n) is 9.54. The van der Waals surface area contributed by atoms with E-state index in [0.29, 0.717) is 12.1 Å². The van der Waals surface area contributed by atoms with Gasteiger partial charge in [-0.2, -0.15) is 0 Å². The average Bonchev–Trinajstić information content (AvgIpc) is 2.99. The highest BCUT2D eigenvalue weighted by Crippen LogP contribution is 2.21. The van der Waals surface area contributed by atoms with Crippen LogP contribution in [0.1, 0.15) is 15.9 Å². The molecule has 0 aliphatic heterocycles. The monoisotopic (exact) mass is 241 g/mol. The van der Waals surface area contributed by atoms with Crippen molar-refractivity contribution in [2.45, 2.75) is 6.54 Å². The van der Waals surface area contributed by atoms with Crippen LogP contribution in [0.5, 0.6) is 0 Å². The van der Waals surface area contributed by atoms with Crippen molar-refractivity contribution in [1.82, 2.24) is 4.57 Å². The normalized spacial score (nSPS) is 10.9. The predicted molar refractivity (Wildman–Crippen MR) is 66.7 cm³/mol. The topological polar surface area (TPSA) is 55.4 Å². The molecular weight excluding hydrogens is 230 g/mol. The predicted octanol–water partition coefficient (Wildman–Crippen LogP) is 2.98. The van der Waals surface area contributed by atoms with Crippen LogP contribution in [-0.2, 0) is 6.54 Å². The highest BCUT2D eigenvalue weighted by Gasteiger charge is 2.12. The zero-order chi connectivity index (χ0) is 12.5. The lowest BCUT2D eigenvalue weighted by Gasteiger charge is -2.06. The standard InChI is InChI=1S/C14H11NO3/c16-14(17)12-3-1-2-11-4-6-15(13(11)12)8-10-5-7-18-9-10/h1-7,9H,8H2,(H,16,17). The molecule has 2 heterocycles. The van der Waals surface area contributed by atoms with Crippen LogP contribution in [0.15, 0.2) is 53.5 Å². The van der Waals surface area contributed by atoms with Gasteiger partial charge in [0.25, 0.3) is 0 Å². The van der Waals surface area contributed by atoms with Gasteiger partial charge in [-0.3, -0.25) is 0 Å². The van der Waals surface area contributed by atoms with Crippen LogP contribution in [-0.4, -0.2) is 15.6 Å². The second-order valence-corrected chi connectivity index (χ2v) is 4.12. The van der Waals surface area contributed by atoms with Crippen LogP contribution >= 0.6 is 0 Å². The van der Waals surface area contributed by atoms with Crippen LogP contribution in [0, 0.1) is 0 Å². The number of para-hydroxylation sites is 1. The molecule has 4 heteroatoms. The highest BCUT2D eigenvalue weighted by molar-refractivity contribution is 6.02. The summed E-state index contributed by atoms with van der Waals surface area (Å²) in [5.74, 6) is -0.909. The molecule has 1 aromatic carbocycles. The van der Waals surface area contributed by atoms with Gasteiger partial charge in [-0.25, -0.2) is 4.79 Å². The molecule has 0 radical (unpaired) electrons. The number of aromatic carboxylic acids is 1. The number of nitrogens with zero attached hydrogens (tertiary/aromatic N) is 1. The first-order valence-corrected chi connectivity index (χ1v) is 5.58. The fourth-order valence-corrected chi connectivity index (χ4v) is 2.14. The number of carboxylic acids is 1. The molecule has 90 valence electrons. The molecule has 0 saturated carbocycles. The molecule has 0 saturated heterocycles. The molecule has 3 rings (SSSR count). The minimum absolute atomic E-state index is 0.320. The fraction of sp³-hybridized carbons (Fsp3) is 0.0714. The first-order valence-electron chi connectivity index (χ1n) is 5.58. The molecule has 0 bridgehead atoms. The van der Waals surface area contributed by atoms with Crippen molar-refractivity contribution < 1.29 is 14.3 Å². The molecule has 0 fully saturated rings. The summed E-state index contributed by atoms with van der Waals surface area (Å²) in [4.78, 5) is 11.2. The summed E-state index contributed by atoms with van der Waals surface area (Å²) in [6.45, 7) is 0.601. The third kappa shape index (κ3) is 1.68. The van der Waals surface area contributed by atoms with E-state index in [2.05, 4.69) is 0 Å². The van der Waals surface area contributed by atoms with Crippen LogP contribution in [0.4, 0.5) is 0 Å². The molecule has 18 heavy (non-hydrogen) atoms. The number of fused-ring (bicyclic) bond motifs is 1. The number of hydrogen-bond acceptors (Lipinski definition) is 2. The minimum Gasteiger partial charge on any atom is -0.478 e. The summed E-state index contributed by atoms with van der Waals surface area (Å²) >= 11 is 0. The Morgan fingerprint density at radius 1 is 1.28 bits per heavy atom. The minimum atomic E-state index is -0.909. The Labute approximate surface area is 103 Å². The van der Waals surface area contributed by atoms with Gasteiger partial charge in [-0.15, -0.1) is 0 Å². The van der Waals surface area contributed by atoms with Gasteiger partial charge < -0.3 is 14.1 Å². The number of rotatable bonds is 3. The molecule has 0 atom stereocenters. The molecule has 4 nitrogen and oxygen atoms in total. The van der Waals surface area contributed by atoms with Crippen molar-refractivity contribution >= 4 is 16.9 Å². The van der Waals surface area contributed by atoms with Crippen LogP contribution < -0.4 is 0 Å². The maximum Gasteiger partial charge on any atom is 0.337 e.